The fourth-order valence-corrected chi connectivity index (χ4v) is 5.54. The molecule has 8 heteroatoms. The summed E-state index contributed by atoms with van der Waals surface area (Å²) in [7, 11) is -3.70. The predicted octanol–water partition coefficient (Wildman–Crippen LogP) is 1.61. The van der Waals surface area contributed by atoms with Gasteiger partial charge in [-0.1, -0.05) is 11.6 Å². The molecule has 0 spiro atoms. The van der Waals surface area contributed by atoms with Crippen molar-refractivity contribution in [3.05, 3.63) is 16.0 Å². The van der Waals surface area contributed by atoms with E-state index in [9.17, 15) is 13.2 Å². The molecule has 1 aliphatic heterocycles. The molecule has 1 saturated heterocycles. The van der Waals surface area contributed by atoms with Gasteiger partial charge in [-0.25, -0.2) is 8.42 Å². The number of aryl methyl sites for hydroxylation is 1. The lowest BCUT2D eigenvalue weighted by Gasteiger charge is -2.39. The normalized spacial score (nSPS) is 20.3. The van der Waals surface area contributed by atoms with Crippen LogP contribution in [0.15, 0.2) is 10.3 Å². The molecule has 0 unspecified atom stereocenters. The Hall–Kier alpha value is -0.630. The van der Waals surface area contributed by atoms with E-state index in [4.69, 9.17) is 11.6 Å². The van der Waals surface area contributed by atoms with Crippen LogP contribution < -0.4 is 5.32 Å². The van der Waals surface area contributed by atoms with Crippen LogP contribution in [0.3, 0.4) is 0 Å². The number of rotatable bonds is 2. The van der Waals surface area contributed by atoms with Gasteiger partial charge in [-0.05, 0) is 32.4 Å². The summed E-state index contributed by atoms with van der Waals surface area (Å²) in [6, 6.07) is 1.55. The Morgan fingerprint density at radius 2 is 2.11 bits per heavy atom. The topological polar surface area (TPSA) is 66.5 Å². The number of nitrogens with one attached hydrogen (secondary N) is 1. The Balaban J connectivity index is 2.47. The summed E-state index contributed by atoms with van der Waals surface area (Å²) < 4.78 is 27.1. The van der Waals surface area contributed by atoms with Gasteiger partial charge in [0.15, 0.2) is 0 Å². The number of sulfonamides is 1. The number of hydrogen-bond acceptors (Lipinski definition) is 4. The number of nitrogens with zero attached hydrogens (tertiary/aromatic N) is 1. The van der Waals surface area contributed by atoms with Crippen molar-refractivity contribution in [2.45, 2.75) is 30.5 Å². The SMILES string of the molecule is Cc1cc(S(=O)(=O)N2CCNC(=O)C2(C)C)sc1Cl. The van der Waals surface area contributed by atoms with Crippen LogP contribution in [0.25, 0.3) is 0 Å². The molecule has 0 radical (unpaired) electrons. The Morgan fingerprint density at radius 3 is 2.63 bits per heavy atom. The number of carbonyl (C=O) groups excluding carboxylic acids is 1. The second kappa shape index (κ2) is 4.73. The standard InChI is InChI=1S/C11H15ClN2O3S2/c1-7-6-8(18-9(7)12)19(16,17)14-5-4-13-10(15)11(14,2)3/h6H,4-5H2,1-3H3,(H,13,15). The van der Waals surface area contributed by atoms with Crippen LogP contribution in [0.5, 0.6) is 0 Å². The molecular formula is C11H15ClN2O3S2. The molecule has 1 aromatic heterocycles. The molecule has 1 fully saturated rings. The zero-order valence-corrected chi connectivity index (χ0v) is 13.2. The van der Waals surface area contributed by atoms with Crippen molar-refractivity contribution in [1.82, 2.24) is 9.62 Å². The van der Waals surface area contributed by atoms with E-state index in [0.717, 1.165) is 16.9 Å². The Morgan fingerprint density at radius 1 is 1.47 bits per heavy atom. The van der Waals surface area contributed by atoms with E-state index in [1.807, 2.05) is 0 Å². The van der Waals surface area contributed by atoms with Gasteiger partial charge >= 0.3 is 0 Å². The second-order valence-electron chi connectivity index (χ2n) is 4.91. The van der Waals surface area contributed by atoms with E-state index in [-0.39, 0.29) is 16.7 Å². The van der Waals surface area contributed by atoms with Crippen LogP contribution in [0.2, 0.25) is 4.34 Å². The Bertz CT molecular complexity index is 602. The zero-order valence-electron chi connectivity index (χ0n) is 10.9. The van der Waals surface area contributed by atoms with Gasteiger partial charge in [0.2, 0.25) is 5.91 Å². The second-order valence-corrected chi connectivity index (χ2v) is 8.66. The maximum Gasteiger partial charge on any atom is 0.253 e. The van der Waals surface area contributed by atoms with Crippen molar-refractivity contribution in [3.63, 3.8) is 0 Å². The van der Waals surface area contributed by atoms with E-state index in [1.54, 1.807) is 26.8 Å². The highest BCUT2D eigenvalue weighted by molar-refractivity contribution is 7.91. The van der Waals surface area contributed by atoms with E-state index in [0.29, 0.717) is 10.9 Å². The third kappa shape index (κ3) is 2.40. The molecule has 0 saturated carbocycles. The van der Waals surface area contributed by atoms with Crippen molar-refractivity contribution in [3.8, 4) is 0 Å². The third-order valence-electron chi connectivity index (χ3n) is 3.16. The first-order chi connectivity index (χ1) is 8.67. The fraction of sp³-hybridized carbons (Fsp3) is 0.545. The van der Waals surface area contributed by atoms with Crippen molar-refractivity contribution in [1.29, 1.82) is 0 Å². The lowest BCUT2D eigenvalue weighted by atomic mass is 10.0. The van der Waals surface area contributed by atoms with Crippen molar-refractivity contribution in [2.75, 3.05) is 13.1 Å². The first kappa shape index (κ1) is 14.8. The van der Waals surface area contributed by atoms with Crippen LogP contribution in [-0.2, 0) is 14.8 Å². The average Bonchev–Trinajstić information content (AvgIpc) is 2.63. The van der Waals surface area contributed by atoms with Gasteiger partial charge in [0, 0.05) is 13.1 Å². The minimum absolute atomic E-state index is 0.178. The van der Waals surface area contributed by atoms with Crippen LogP contribution in [0.1, 0.15) is 19.4 Å². The number of halogens is 1. The minimum Gasteiger partial charge on any atom is -0.353 e. The average molecular weight is 323 g/mol. The fourth-order valence-electron chi connectivity index (χ4n) is 1.97. The molecule has 2 heterocycles. The van der Waals surface area contributed by atoms with Crippen LogP contribution in [-0.4, -0.2) is 37.3 Å². The largest absolute Gasteiger partial charge is 0.353 e. The summed E-state index contributed by atoms with van der Waals surface area (Å²) in [5.74, 6) is -0.290. The highest BCUT2D eigenvalue weighted by Gasteiger charge is 2.45. The molecule has 106 valence electrons. The summed E-state index contributed by atoms with van der Waals surface area (Å²) in [5.41, 5.74) is -0.369. The van der Waals surface area contributed by atoms with Crippen molar-refractivity contribution >= 4 is 38.9 Å². The molecule has 19 heavy (non-hydrogen) atoms. The summed E-state index contributed by atoms with van der Waals surface area (Å²) >= 11 is 6.95. The van der Waals surface area contributed by atoms with Gasteiger partial charge in [0.1, 0.15) is 9.75 Å². The third-order valence-corrected chi connectivity index (χ3v) is 7.24. The molecule has 0 atom stereocenters. The lowest BCUT2D eigenvalue weighted by Crippen LogP contribution is -2.63. The molecule has 5 nitrogen and oxygen atoms in total. The maximum absolute atomic E-state index is 12.6. The molecule has 2 rings (SSSR count). The van der Waals surface area contributed by atoms with E-state index in [1.165, 1.54) is 4.31 Å². The highest BCUT2D eigenvalue weighted by atomic mass is 35.5. The van der Waals surface area contributed by atoms with Gasteiger partial charge in [0.25, 0.3) is 10.0 Å². The summed E-state index contributed by atoms with van der Waals surface area (Å²) in [6.45, 7) is 5.53. The smallest absolute Gasteiger partial charge is 0.253 e. The molecule has 1 aliphatic rings. The van der Waals surface area contributed by atoms with E-state index < -0.39 is 15.6 Å². The van der Waals surface area contributed by atoms with Crippen LogP contribution in [0, 0.1) is 6.92 Å². The molecule has 1 aromatic rings. The lowest BCUT2D eigenvalue weighted by molar-refractivity contribution is -0.131. The quantitative estimate of drug-likeness (QED) is 0.899. The summed E-state index contributed by atoms with van der Waals surface area (Å²) in [4.78, 5) is 11.8. The highest BCUT2D eigenvalue weighted by Crippen LogP contribution is 2.34. The summed E-state index contributed by atoms with van der Waals surface area (Å²) in [5, 5.41) is 2.67. The first-order valence-corrected chi connectivity index (χ1v) is 8.38. The predicted molar refractivity (Wildman–Crippen MR) is 75.0 cm³/mol. The number of piperazine rings is 1. The number of amides is 1. The number of thiophene rings is 1. The summed E-state index contributed by atoms with van der Waals surface area (Å²) in [6.07, 6.45) is 0. The molecule has 1 N–H and O–H groups in total. The Labute approximate surface area is 121 Å². The molecule has 0 bridgehead atoms. The molecule has 1 amide bonds. The zero-order chi connectivity index (χ0) is 14.4. The Kier molecular flexibility index (Phi) is 3.68. The molecule has 0 aromatic carbocycles. The van der Waals surface area contributed by atoms with Gasteiger partial charge in [-0.15, -0.1) is 11.3 Å². The van der Waals surface area contributed by atoms with E-state index >= 15 is 0 Å². The van der Waals surface area contributed by atoms with Gasteiger partial charge in [-0.2, -0.15) is 4.31 Å². The van der Waals surface area contributed by atoms with Crippen molar-refractivity contribution < 1.29 is 13.2 Å². The minimum atomic E-state index is -3.70. The van der Waals surface area contributed by atoms with E-state index in [2.05, 4.69) is 5.32 Å². The number of hydrogen-bond donors (Lipinski definition) is 1. The maximum atomic E-state index is 12.6. The van der Waals surface area contributed by atoms with Crippen LogP contribution in [0.4, 0.5) is 0 Å². The van der Waals surface area contributed by atoms with Crippen molar-refractivity contribution in [2.24, 2.45) is 0 Å². The van der Waals surface area contributed by atoms with Gasteiger partial charge in [-0.3, -0.25) is 4.79 Å². The number of carbonyl (C=O) groups is 1. The van der Waals surface area contributed by atoms with Gasteiger partial charge in [0.05, 0.1) is 4.34 Å². The monoisotopic (exact) mass is 322 g/mol. The molecule has 0 aliphatic carbocycles. The van der Waals surface area contributed by atoms with Gasteiger partial charge < -0.3 is 5.32 Å². The first-order valence-electron chi connectivity index (χ1n) is 5.74. The van der Waals surface area contributed by atoms with Crippen LogP contribution >= 0.6 is 22.9 Å². The molecular weight excluding hydrogens is 308 g/mol.